The highest BCUT2D eigenvalue weighted by molar-refractivity contribution is 7.92. The number of carbonyl (C=O) groups is 1. The Morgan fingerprint density at radius 1 is 1.14 bits per heavy atom. The third-order valence-electron chi connectivity index (χ3n) is 3.00. The predicted molar refractivity (Wildman–Crippen MR) is 85.9 cm³/mol. The molecule has 2 rings (SSSR count). The van der Waals surface area contributed by atoms with E-state index in [-0.39, 0.29) is 12.2 Å². The maximum atomic E-state index is 12.4. The number of ether oxygens (including phenoxy) is 1. The van der Waals surface area contributed by atoms with Gasteiger partial charge in [0, 0.05) is 12.1 Å². The highest BCUT2D eigenvalue weighted by atomic mass is 32.2. The van der Waals surface area contributed by atoms with Crippen molar-refractivity contribution < 1.29 is 17.9 Å². The largest absolute Gasteiger partial charge is 0.496 e. The summed E-state index contributed by atoms with van der Waals surface area (Å²) < 4.78 is 30.1. The molecule has 2 aromatic carbocycles. The van der Waals surface area contributed by atoms with Crippen molar-refractivity contribution in [2.75, 3.05) is 18.1 Å². The van der Waals surface area contributed by atoms with Crippen LogP contribution in [0.15, 0.2) is 48.5 Å². The number of methoxy groups -OCH3 is 1. The third-order valence-corrected chi connectivity index (χ3v) is 3.61. The normalized spacial score (nSPS) is 11.0. The molecular weight excluding hydrogens is 302 g/mol. The zero-order chi connectivity index (χ0) is 16.2. The second-order valence-corrected chi connectivity index (χ2v) is 6.62. The first-order valence-corrected chi connectivity index (χ1v) is 8.51. The van der Waals surface area contributed by atoms with Gasteiger partial charge in [0.1, 0.15) is 5.75 Å². The fourth-order valence-electron chi connectivity index (χ4n) is 2.11. The quantitative estimate of drug-likeness (QED) is 0.830. The molecule has 5 nitrogen and oxygen atoms in total. The Morgan fingerprint density at radius 2 is 1.86 bits per heavy atom. The van der Waals surface area contributed by atoms with Gasteiger partial charge in [0.25, 0.3) is 0 Å². The number of benzene rings is 2. The predicted octanol–water partition coefficient (Wildman–Crippen LogP) is 2.49. The zero-order valence-corrected chi connectivity index (χ0v) is 13.2. The van der Waals surface area contributed by atoms with Gasteiger partial charge in [-0.3, -0.25) is 9.52 Å². The van der Waals surface area contributed by atoms with Gasteiger partial charge in [-0.05, 0) is 29.8 Å². The third kappa shape index (κ3) is 4.33. The summed E-state index contributed by atoms with van der Waals surface area (Å²) in [7, 11) is -1.82. The number of ketones is 1. The van der Waals surface area contributed by atoms with Gasteiger partial charge < -0.3 is 4.74 Å². The first kappa shape index (κ1) is 16.0. The van der Waals surface area contributed by atoms with E-state index in [1.54, 1.807) is 48.5 Å². The number of nitrogens with one attached hydrogen (secondary N) is 1. The molecule has 6 heteroatoms. The average Bonchev–Trinajstić information content (AvgIpc) is 2.45. The van der Waals surface area contributed by atoms with Gasteiger partial charge in [0.15, 0.2) is 5.78 Å². The molecule has 0 aliphatic heterocycles. The van der Waals surface area contributed by atoms with E-state index in [1.807, 2.05) is 0 Å². The summed E-state index contributed by atoms with van der Waals surface area (Å²) in [5.41, 5.74) is 1.67. The lowest BCUT2D eigenvalue weighted by atomic mass is 10.0. The van der Waals surface area contributed by atoms with Crippen molar-refractivity contribution in [2.45, 2.75) is 6.42 Å². The Morgan fingerprint density at radius 3 is 2.55 bits per heavy atom. The van der Waals surface area contributed by atoms with E-state index < -0.39 is 10.0 Å². The highest BCUT2D eigenvalue weighted by Crippen LogP contribution is 2.20. The van der Waals surface area contributed by atoms with Crippen LogP contribution in [-0.2, 0) is 16.4 Å². The van der Waals surface area contributed by atoms with E-state index in [0.29, 0.717) is 17.0 Å². The van der Waals surface area contributed by atoms with E-state index in [4.69, 9.17) is 4.74 Å². The summed E-state index contributed by atoms with van der Waals surface area (Å²) in [5, 5.41) is 0. The van der Waals surface area contributed by atoms with Crippen LogP contribution < -0.4 is 9.46 Å². The molecule has 0 bridgehead atoms. The van der Waals surface area contributed by atoms with Crippen molar-refractivity contribution in [3.63, 3.8) is 0 Å². The number of hydrogen-bond acceptors (Lipinski definition) is 4. The van der Waals surface area contributed by atoms with Crippen molar-refractivity contribution in [1.82, 2.24) is 0 Å². The minimum atomic E-state index is -3.34. The summed E-state index contributed by atoms with van der Waals surface area (Å²) in [5.74, 6) is 0.437. The van der Waals surface area contributed by atoms with E-state index >= 15 is 0 Å². The number of carbonyl (C=O) groups excluding carboxylic acids is 1. The molecule has 0 unspecified atom stereocenters. The minimum Gasteiger partial charge on any atom is -0.496 e. The molecule has 0 heterocycles. The van der Waals surface area contributed by atoms with E-state index in [2.05, 4.69) is 4.72 Å². The summed E-state index contributed by atoms with van der Waals surface area (Å²) in [6.07, 6.45) is 1.25. The van der Waals surface area contributed by atoms with Gasteiger partial charge in [-0.15, -0.1) is 0 Å². The monoisotopic (exact) mass is 319 g/mol. The molecule has 116 valence electrons. The van der Waals surface area contributed by atoms with Crippen molar-refractivity contribution in [1.29, 1.82) is 0 Å². The summed E-state index contributed by atoms with van der Waals surface area (Å²) in [6.45, 7) is 0. The van der Waals surface area contributed by atoms with Crippen molar-refractivity contribution in [3.8, 4) is 5.75 Å². The standard InChI is InChI=1S/C16H17NO4S/c1-21-16-9-4-3-8-14(16)15(18)11-12-6-5-7-13(10-12)17-22(2,19)20/h3-10,17H,11H2,1-2H3. The van der Waals surface area contributed by atoms with Crippen LogP contribution in [0.5, 0.6) is 5.75 Å². The van der Waals surface area contributed by atoms with Crippen LogP contribution in [0.2, 0.25) is 0 Å². The summed E-state index contributed by atoms with van der Waals surface area (Å²) in [6, 6.07) is 13.8. The number of para-hydroxylation sites is 1. The lowest BCUT2D eigenvalue weighted by Crippen LogP contribution is -2.10. The van der Waals surface area contributed by atoms with E-state index in [0.717, 1.165) is 11.8 Å². The molecule has 0 saturated heterocycles. The fraction of sp³-hybridized carbons (Fsp3) is 0.188. The second-order valence-electron chi connectivity index (χ2n) is 4.87. The number of rotatable bonds is 6. The number of sulfonamides is 1. The number of hydrogen-bond donors (Lipinski definition) is 1. The minimum absolute atomic E-state index is 0.0889. The van der Waals surface area contributed by atoms with E-state index in [9.17, 15) is 13.2 Å². The molecule has 22 heavy (non-hydrogen) atoms. The molecule has 0 amide bonds. The maximum Gasteiger partial charge on any atom is 0.229 e. The van der Waals surface area contributed by atoms with Crippen LogP contribution in [-0.4, -0.2) is 27.6 Å². The Balaban J connectivity index is 2.20. The molecule has 0 saturated carbocycles. The first-order chi connectivity index (χ1) is 10.4. The van der Waals surface area contributed by atoms with Crippen molar-refractivity contribution in [3.05, 3.63) is 59.7 Å². The summed E-state index contributed by atoms with van der Waals surface area (Å²) >= 11 is 0. The maximum absolute atomic E-state index is 12.4. The lowest BCUT2D eigenvalue weighted by Gasteiger charge is -2.09. The van der Waals surface area contributed by atoms with Crippen LogP contribution in [0.25, 0.3) is 0 Å². The Bertz CT molecular complexity index is 784. The molecular formula is C16H17NO4S. The molecule has 1 N–H and O–H groups in total. The number of anilines is 1. The lowest BCUT2D eigenvalue weighted by molar-refractivity contribution is 0.0990. The Kier molecular flexibility index (Phi) is 4.82. The van der Waals surface area contributed by atoms with Crippen LogP contribution in [0, 0.1) is 0 Å². The van der Waals surface area contributed by atoms with Crippen LogP contribution >= 0.6 is 0 Å². The second kappa shape index (κ2) is 6.62. The molecule has 0 atom stereocenters. The average molecular weight is 319 g/mol. The van der Waals surface area contributed by atoms with E-state index in [1.165, 1.54) is 7.11 Å². The Hall–Kier alpha value is -2.34. The molecule has 0 aliphatic carbocycles. The SMILES string of the molecule is COc1ccccc1C(=O)Cc1cccc(NS(C)(=O)=O)c1. The molecule has 0 aromatic heterocycles. The molecule has 0 spiro atoms. The topological polar surface area (TPSA) is 72.5 Å². The van der Waals surface area contributed by atoms with Crippen LogP contribution in [0.1, 0.15) is 15.9 Å². The van der Waals surface area contributed by atoms with Crippen LogP contribution in [0.4, 0.5) is 5.69 Å². The summed E-state index contributed by atoms with van der Waals surface area (Å²) in [4.78, 5) is 12.4. The number of Topliss-reactive ketones (excluding diaryl/α,β-unsaturated/α-hetero) is 1. The molecule has 0 fully saturated rings. The van der Waals surface area contributed by atoms with Gasteiger partial charge in [-0.2, -0.15) is 0 Å². The van der Waals surface area contributed by atoms with Gasteiger partial charge in [-0.1, -0.05) is 24.3 Å². The van der Waals surface area contributed by atoms with Crippen LogP contribution in [0.3, 0.4) is 0 Å². The van der Waals surface area contributed by atoms with Gasteiger partial charge >= 0.3 is 0 Å². The van der Waals surface area contributed by atoms with Gasteiger partial charge in [0.05, 0.1) is 18.9 Å². The smallest absolute Gasteiger partial charge is 0.229 e. The van der Waals surface area contributed by atoms with Gasteiger partial charge in [0.2, 0.25) is 10.0 Å². The van der Waals surface area contributed by atoms with Crippen molar-refractivity contribution >= 4 is 21.5 Å². The Labute approximate surface area is 130 Å². The molecule has 0 radical (unpaired) electrons. The first-order valence-electron chi connectivity index (χ1n) is 6.62. The molecule has 2 aromatic rings. The molecule has 0 aliphatic rings. The highest BCUT2D eigenvalue weighted by Gasteiger charge is 2.12. The van der Waals surface area contributed by atoms with Gasteiger partial charge in [-0.25, -0.2) is 8.42 Å². The fourth-order valence-corrected chi connectivity index (χ4v) is 2.67. The van der Waals surface area contributed by atoms with Crippen molar-refractivity contribution in [2.24, 2.45) is 0 Å². The zero-order valence-electron chi connectivity index (χ0n) is 12.4.